The molecule has 2 fully saturated rings. The van der Waals surface area contributed by atoms with Crippen molar-refractivity contribution in [2.45, 2.75) is 25.8 Å². The Morgan fingerprint density at radius 2 is 1.81 bits per heavy atom. The molecule has 0 unspecified atom stereocenters. The van der Waals surface area contributed by atoms with Crippen LogP contribution in [0.4, 0.5) is 5.69 Å². The van der Waals surface area contributed by atoms with Gasteiger partial charge in [0.2, 0.25) is 0 Å². The van der Waals surface area contributed by atoms with Crippen LogP contribution in [0.15, 0.2) is 49.1 Å². The van der Waals surface area contributed by atoms with Gasteiger partial charge < -0.3 is 15.1 Å². The van der Waals surface area contributed by atoms with Gasteiger partial charge in [-0.1, -0.05) is 6.07 Å². The molecule has 0 spiro atoms. The number of carbonyl (C=O) groups is 1. The van der Waals surface area contributed by atoms with Gasteiger partial charge in [0.05, 0.1) is 30.0 Å². The van der Waals surface area contributed by atoms with Gasteiger partial charge in [-0.05, 0) is 56.1 Å². The fourth-order valence-corrected chi connectivity index (χ4v) is 3.95. The Hall–Kier alpha value is -3.19. The van der Waals surface area contributed by atoms with E-state index in [9.17, 15) is 4.79 Å². The summed E-state index contributed by atoms with van der Waals surface area (Å²) in [4.78, 5) is 21.6. The molecule has 1 saturated heterocycles. The molecule has 2 aliphatic rings. The van der Waals surface area contributed by atoms with Crippen LogP contribution in [0.25, 0.3) is 16.8 Å². The average Bonchev–Trinajstić information content (AvgIpc) is 3.46. The van der Waals surface area contributed by atoms with Crippen molar-refractivity contribution in [2.24, 2.45) is 0 Å². The molecule has 1 saturated carbocycles. The Morgan fingerprint density at radius 1 is 1.03 bits per heavy atom. The maximum absolute atomic E-state index is 12.5. The number of nitrogens with one attached hydrogen (secondary N) is 1. The lowest BCUT2D eigenvalue weighted by Crippen LogP contribution is -2.44. The van der Waals surface area contributed by atoms with Crippen molar-refractivity contribution in [3.63, 3.8) is 0 Å². The Labute approximate surface area is 182 Å². The Morgan fingerprint density at radius 3 is 2.58 bits per heavy atom. The van der Waals surface area contributed by atoms with Crippen molar-refractivity contribution in [1.82, 2.24) is 25.0 Å². The quantitative estimate of drug-likeness (QED) is 0.693. The second kappa shape index (κ2) is 8.15. The van der Waals surface area contributed by atoms with E-state index in [4.69, 9.17) is 0 Å². The first-order valence-electron chi connectivity index (χ1n) is 10.9. The molecule has 160 valence electrons. The Bertz CT molecular complexity index is 1090. The Kier molecular flexibility index (Phi) is 5.19. The largest absolute Gasteiger partial charge is 0.368 e. The topological polar surface area (TPSA) is 66.3 Å². The van der Waals surface area contributed by atoms with Gasteiger partial charge in [0, 0.05) is 49.5 Å². The fraction of sp³-hybridized carbons (Fsp3) is 0.375. The van der Waals surface area contributed by atoms with E-state index in [-0.39, 0.29) is 5.91 Å². The molecule has 1 amide bonds. The molecule has 2 aromatic heterocycles. The summed E-state index contributed by atoms with van der Waals surface area (Å²) in [5.74, 6) is 0.000203. The van der Waals surface area contributed by atoms with Crippen LogP contribution in [0, 0.1) is 6.92 Å². The lowest BCUT2D eigenvalue weighted by atomic mass is 10.0. The number of benzene rings is 1. The van der Waals surface area contributed by atoms with Gasteiger partial charge in [0.1, 0.15) is 0 Å². The summed E-state index contributed by atoms with van der Waals surface area (Å²) < 4.78 is 1.86. The molecule has 0 radical (unpaired) electrons. The van der Waals surface area contributed by atoms with Gasteiger partial charge in [-0.25, -0.2) is 4.68 Å². The number of carbonyl (C=O) groups excluding carboxylic acids is 1. The number of piperazine rings is 1. The van der Waals surface area contributed by atoms with Crippen molar-refractivity contribution in [2.75, 3.05) is 38.1 Å². The standard InChI is InChI=1S/C24H28N6O/c1-17-3-4-18(24(31)27-20-5-6-20)11-23(17)19-13-26-30(16-19)22-12-21(14-25-15-22)29-9-7-28(2)8-10-29/h3-4,11-16,20H,5-10H2,1-2H3,(H,27,31). The highest BCUT2D eigenvalue weighted by Crippen LogP contribution is 2.27. The summed E-state index contributed by atoms with van der Waals surface area (Å²) in [6, 6.07) is 8.35. The van der Waals surface area contributed by atoms with Gasteiger partial charge in [-0.15, -0.1) is 0 Å². The molecule has 3 heterocycles. The molecule has 7 heteroatoms. The smallest absolute Gasteiger partial charge is 0.251 e. The number of amides is 1. The number of aromatic nitrogens is 3. The number of rotatable bonds is 5. The third-order valence-corrected chi connectivity index (χ3v) is 6.15. The number of nitrogens with zero attached hydrogens (tertiary/aromatic N) is 5. The number of anilines is 1. The highest BCUT2D eigenvalue weighted by atomic mass is 16.1. The molecule has 3 aromatic rings. The van der Waals surface area contributed by atoms with Crippen LogP contribution in [-0.2, 0) is 0 Å². The van der Waals surface area contributed by atoms with Crippen molar-refractivity contribution < 1.29 is 4.79 Å². The van der Waals surface area contributed by atoms with Crippen molar-refractivity contribution in [3.8, 4) is 16.8 Å². The molecule has 0 atom stereocenters. The zero-order valence-electron chi connectivity index (χ0n) is 18.1. The summed E-state index contributed by atoms with van der Waals surface area (Å²) in [5.41, 5.74) is 5.88. The van der Waals surface area contributed by atoms with Gasteiger partial charge in [-0.3, -0.25) is 9.78 Å². The van der Waals surface area contributed by atoms with Crippen LogP contribution < -0.4 is 10.2 Å². The fourth-order valence-electron chi connectivity index (χ4n) is 3.95. The van der Waals surface area contributed by atoms with E-state index in [1.807, 2.05) is 47.7 Å². The number of hydrogen-bond acceptors (Lipinski definition) is 5. The minimum Gasteiger partial charge on any atom is -0.368 e. The summed E-state index contributed by atoms with van der Waals surface area (Å²) in [6.45, 7) is 6.17. The number of likely N-dealkylation sites (N-methyl/N-ethyl adjacent to an activating group) is 1. The van der Waals surface area contributed by atoms with E-state index in [2.05, 4.69) is 45.2 Å². The predicted octanol–water partition coefficient (Wildman–Crippen LogP) is 2.89. The Balaban J connectivity index is 1.39. The molecule has 31 heavy (non-hydrogen) atoms. The van der Waals surface area contributed by atoms with Crippen molar-refractivity contribution in [3.05, 3.63) is 60.2 Å². The molecule has 5 rings (SSSR count). The van der Waals surface area contributed by atoms with Crippen LogP contribution >= 0.6 is 0 Å². The third kappa shape index (κ3) is 4.32. The van der Waals surface area contributed by atoms with E-state index in [0.717, 1.165) is 67.1 Å². The van der Waals surface area contributed by atoms with Crippen molar-refractivity contribution in [1.29, 1.82) is 0 Å². The van der Waals surface area contributed by atoms with E-state index in [1.54, 1.807) is 0 Å². The van der Waals surface area contributed by atoms with Crippen LogP contribution in [0.5, 0.6) is 0 Å². The first kappa shape index (κ1) is 19.8. The summed E-state index contributed by atoms with van der Waals surface area (Å²) in [7, 11) is 2.16. The maximum Gasteiger partial charge on any atom is 0.251 e. The van der Waals surface area contributed by atoms with Gasteiger partial charge >= 0.3 is 0 Å². The van der Waals surface area contributed by atoms with Crippen LogP contribution in [0.1, 0.15) is 28.8 Å². The number of hydrogen-bond donors (Lipinski definition) is 1. The van der Waals surface area contributed by atoms with Gasteiger partial charge in [-0.2, -0.15) is 5.10 Å². The minimum absolute atomic E-state index is 0.000203. The first-order valence-corrected chi connectivity index (χ1v) is 10.9. The van der Waals surface area contributed by atoms with Gasteiger partial charge in [0.15, 0.2) is 0 Å². The van der Waals surface area contributed by atoms with Crippen LogP contribution in [0.2, 0.25) is 0 Å². The predicted molar refractivity (Wildman–Crippen MR) is 122 cm³/mol. The summed E-state index contributed by atoms with van der Waals surface area (Å²) in [5, 5.41) is 7.65. The molecule has 1 aliphatic carbocycles. The molecular formula is C24H28N6O. The molecule has 1 aromatic carbocycles. The maximum atomic E-state index is 12.5. The first-order chi connectivity index (χ1) is 15.1. The van der Waals surface area contributed by atoms with Crippen LogP contribution in [-0.4, -0.2) is 64.8 Å². The summed E-state index contributed by atoms with van der Waals surface area (Å²) in [6.07, 6.45) is 9.79. The normalized spacial score (nSPS) is 17.0. The SMILES string of the molecule is Cc1ccc(C(=O)NC2CC2)cc1-c1cnn(-c2cncc(N3CCN(C)CC3)c2)c1. The van der Waals surface area contributed by atoms with E-state index in [0.29, 0.717) is 11.6 Å². The molecule has 7 nitrogen and oxygen atoms in total. The average molecular weight is 417 g/mol. The third-order valence-electron chi connectivity index (χ3n) is 6.15. The number of pyridine rings is 1. The lowest BCUT2D eigenvalue weighted by Gasteiger charge is -2.33. The molecule has 0 bridgehead atoms. The lowest BCUT2D eigenvalue weighted by molar-refractivity contribution is 0.0951. The zero-order chi connectivity index (χ0) is 21.4. The highest BCUT2D eigenvalue weighted by molar-refractivity contribution is 5.96. The molecule has 1 N–H and O–H groups in total. The van der Waals surface area contributed by atoms with Crippen LogP contribution in [0.3, 0.4) is 0 Å². The van der Waals surface area contributed by atoms with E-state index in [1.165, 1.54) is 0 Å². The number of aryl methyl sites for hydroxylation is 1. The van der Waals surface area contributed by atoms with E-state index < -0.39 is 0 Å². The summed E-state index contributed by atoms with van der Waals surface area (Å²) >= 11 is 0. The second-order valence-electron chi connectivity index (χ2n) is 8.64. The van der Waals surface area contributed by atoms with Crippen molar-refractivity contribution >= 4 is 11.6 Å². The minimum atomic E-state index is 0.000203. The van der Waals surface area contributed by atoms with E-state index >= 15 is 0 Å². The monoisotopic (exact) mass is 416 g/mol. The second-order valence-corrected chi connectivity index (χ2v) is 8.64. The zero-order valence-corrected chi connectivity index (χ0v) is 18.1. The highest BCUT2D eigenvalue weighted by Gasteiger charge is 2.24. The molecular weight excluding hydrogens is 388 g/mol. The molecule has 1 aliphatic heterocycles. The van der Waals surface area contributed by atoms with Gasteiger partial charge in [0.25, 0.3) is 5.91 Å².